The van der Waals surface area contributed by atoms with Gasteiger partial charge in [0.1, 0.15) is 5.82 Å². The van der Waals surface area contributed by atoms with Gasteiger partial charge in [0.2, 0.25) is 0 Å². The molecule has 7 nitrogen and oxygen atoms in total. The van der Waals surface area contributed by atoms with E-state index in [0.29, 0.717) is 12.6 Å². The van der Waals surface area contributed by atoms with Crippen LogP contribution in [0.1, 0.15) is 30.7 Å². The van der Waals surface area contributed by atoms with E-state index in [9.17, 15) is 0 Å². The van der Waals surface area contributed by atoms with Gasteiger partial charge >= 0.3 is 0 Å². The SMILES string of the molecule is CN=C(NCc1nccn1Cc1ccccc1)NC1CCN(CCCOC)CC1.I. The molecule has 0 bridgehead atoms. The van der Waals surface area contributed by atoms with E-state index in [1.807, 2.05) is 25.5 Å². The number of aliphatic imine (C=N–C) groups is 1. The molecule has 0 saturated carbocycles. The number of nitrogens with one attached hydrogen (secondary N) is 2. The van der Waals surface area contributed by atoms with Crippen molar-refractivity contribution in [2.24, 2.45) is 4.99 Å². The summed E-state index contributed by atoms with van der Waals surface area (Å²) >= 11 is 0. The summed E-state index contributed by atoms with van der Waals surface area (Å²) < 4.78 is 7.33. The van der Waals surface area contributed by atoms with Crippen LogP contribution in [0, 0.1) is 0 Å². The van der Waals surface area contributed by atoms with Gasteiger partial charge < -0.3 is 24.8 Å². The van der Waals surface area contributed by atoms with Crippen molar-refractivity contribution in [2.45, 2.75) is 38.4 Å². The number of ether oxygens (including phenoxy) is 1. The highest BCUT2D eigenvalue weighted by Crippen LogP contribution is 2.11. The summed E-state index contributed by atoms with van der Waals surface area (Å²) in [4.78, 5) is 11.4. The van der Waals surface area contributed by atoms with E-state index in [0.717, 1.165) is 63.8 Å². The Morgan fingerprint density at radius 3 is 2.70 bits per heavy atom. The van der Waals surface area contributed by atoms with Crippen LogP contribution in [0.3, 0.4) is 0 Å². The van der Waals surface area contributed by atoms with Gasteiger partial charge in [-0.05, 0) is 24.8 Å². The second-order valence-corrected chi connectivity index (χ2v) is 7.49. The predicted molar refractivity (Wildman–Crippen MR) is 132 cm³/mol. The third-order valence-electron chi connectivity index (χ3n) is 5.39. The molecular formula is C22H35IN6O. The van der Waals surface area contributed by atoms with E-state index in [2.05, 4.69) is 54.3 Å². The molecule has 0 unspecified atom stereocenters. The number of hydrogen-bond acceptors (Lipinski definition) is 4. The normalized spacial score (nSPS) is 15.6. The molecule has 30 heavy (non-hydrogen) atoms. The van der Waals surface area contributed by atoms with Gasteiger partial charge in [0.15, 0.2) is 5.96 Å². The molecule has 2 N–H and O–H groups in total. The third-order valence-corrected chi connectivity index (χ3v) is 5.39. The first kappa shape index (κ1) is 24.6. The Balaban J connectivity index is 0.00000320. The smallest absolute Gasteiger partial charge is 0.191 e. The first-order valence-corrected chi connectivity index (χ1v) is 10.5. The summed E-state index contributed by atoms with van der Waals surface area (Å²) in [6, 6.07) is 10.9. The fraction of sp³-hybridized carbons (Fsp3) is 0.545. The second-order valence-electron chi connectivity index (χ2n) is 7.49. The summed E-state index contributed by atoms with van der Waals surface area (Å²) in [6.07, 6.45) is 7.26. The first-order chi connectivity index (χ1) is 14.3. The lowest BCUT2D eigenvalue weighted by molar-refractivity contribution is 0.155. The molecule has 1 aliphatic heterocycles. The van der Waals surface area contributed by atoms with Crippen molar-refractivity contribution in [3.8, 4) is 0 Å². The summed E-state index contributed by atoms with van der Waals surface area (Å²) in [7, 11) is 3.59. The molecule has 8 heteroatoms. The largest absolute Gasteiger partial charge is 0.385 e. The zero-order valence-corrected chi connectivity index (χ0v) is 20.4. The van der Waals surface area contributed by atoms with Crippen LogP contribution in [0.5, 0.6) is 0 Å². The van der Waals surface area contributed by atoms with Crippen molar-refractivity contribution in [3.63, 3.8) is 0 Å². The van der Waals surface area contributed by atoms with Gasteiger partial charge in [-0.3, -0.25) is 4.99 Å². The second kappa shape index (κ2) is 13.6. The van der Waals surface area contributed by atoms with E-state index < -0.39 is 0 Å². The number of benzene rings is 1. The fourth-order valence-electron chi connectivity index (χ4n) is 3.72. The number of imidazole rings is 1. The van der Waals surface area contributed by atoms with Crippen LogP contribution in [-0.4, -0.2) is 66.9 Å². The van der Waals surface area contributed by atoms with Crippen molar-refractivity contribution >= 4 is 29.9 Å². The van der Waals surface area contributed by atoms with Gasteiger partial charge in [-0.25, -0.2) is 4.98 Å². The van der Waals surface area contributed by atoms with E-state index in [-0.39, 0.29) is 24.0 Å². The number of piperidine rings is 1. The van der Waals surface area contributed by atoms with Crippen LogP contribution in [0.25, 0.3) is 0 Å². The summed E-state index contributed by atoms with van der Waals surface area (Å²) in [6.45, 7) is 5.69. The molecule has 0 amide bonds. The van der Waals surface area contributed by atoms with Crippen molar-refractivity contribution in [1.82, 2.24) is 25.1 Å². The van der Waals surface area contributed by atoms with Crippen LogP contribution in [0.15, 0.2) is 47.7 Å². The molecule has 0 atom stereocenters. The molecular weight excluding hydrogens is 491 g/mol. The minimum absolute atomic E-state index is 0. The lowest BCUT2D eigenvalue weighted by atomic mass is 10.1. The van der Waals surface area contributed by atoms with E-state index in [1.165, 1.54) is 5.56 Å². The predicted octanol–water partition coefficient (Wildman–Crippen LogP) is 2.72. The first-order valence-electron chi connectivity index (χ1n) is 10.5. The fourth-order valence-corrected chi connectivity index (χ4v) is 3.72. The molecule has 0 radical (unpaired) electrons. The average molecular weight is 526 g/mol. The summed E-state index contributed by atoms with van der Waals surface area (Å²) in [5.74, 6) is 1.85. The monoisotopic (exact) mass is 526 g/mol. The Morgan fingerprint density at radius 1 is 1.23 bits per heavy atom. The number of methoxy groups -OCH3 is 1. The number of likely N-dealkylation sites (tertiary alicyclic amines) is 1. The van der Waals surface area contributed by atoms with Crippen molar-refractivity contribution < 1.29 is 4.74 Å². The maximum atomic E-state index is 5.15. The van der Waals surface area contributed by atoms with Gasteiger partial charge in [0.25, 0.3) is 0 Å². The summed E-state index contributed by atoms with van der Waals surface area (Å²) in [5, 5.41) is 7.00. The zero-order chi connectivity index (χ0) is 20.3. The molecule has 1 saturated heterocycles. The molecule has 1 fully saturated rings. The Hall–Kier alpha value is -1.65. The molecule has 2 aromatic rings. The maximum absolute atomic E-state index is 5.15. The number of guanidine groups is 1. The maximum Gasteiger partial charge on any atom is 0.191 e. The van der Waals surface area contributed by atoms with Crippen LogP contribution >= 0.6 is 24.0 Å². The molecule has 1 aromatic carbocycles. The Kier molecular flexibility index (Phi) is 11.2. The Morgan fingerprint density at radius 2 is 2.00 bits per heavy atom. The number of nitrogens with zero attached hydrogens (tertiary/aromatic N) is 4. The number of halogens is 1. The summed E-state index contributed by atoms with van der Waals surface area (Å²) in [5.41, 5.74) is 1.27. The van der Waals surface area contributed by atoms with Gasteiger partial charge in [-0.15, -0.1) is 24.0 Å². The average Bonchev–Trinajstić information content (AvgIpc) is 3.20. The minimum Gasteiger partial charge on any atom is -0.385 e. The number of hydrogen-bond donors (Lipinski definition) is 2. The van der Waals surface area contributed by atoms with Crippen molar-refractivity contribution in [2.75, 3.05) is 40.4 Å². The van der Waals surface area contributed by atoms with E-state index in [4.69, 9.17) is 4.74 Å². The quantitative estimate of drug-likeness (QED) is 0.228. The Labute approximate surface area is 197 Å². The highest BCUT2D eigenvalue weighted by molar-refractivity contribution is 14.0. The Bertz CT molecular complexity index is 743. The zero-order valence-electron chi connectivity index (χ0n) is 18.1. The van der Waals surface area contributed by atoms with Crippen LogP contribution in [-0.2, 0) is 17.8 Å². The molecule has 1 aliphatic rings. The molecule has 1 aromatic heterocycles. The standard InChI is InChI=1S/C22H34N6O.HI/c1-23-22(26-20-9-13-27(14-10-20)12-6-16-29-2)25-17-21-24-11-15-28(21)18-19-7-4-3-5-8-19;/h3-5,7-8,11,15,20H,6,9-10,12-14,16-18H2,1-2H3,(H2,23,25,26);1H. The highest BCUT2D eigenvalue weighted by atomic mass is 127. The van der Waals surface area contributed by atoms with Gasteiger partial charge in [-0.1, -0.05) is 30.3 Å². The molecule has 0 aliphatic carbocycles. The number of rotatable bonds is 9. The highest BCUT2D eigenvalue weighted by Gasteiger charge is 2.19. The molecule has 3 rings (SSSR count). The number of aromatic nitrogens is 2. The van der Waals surface area contributed by atoms with Gasteiger partial charge in [0.05, 0.1) is 6.54 Å². The molecule has 166 valence electrons. The lowest BCUT2D eigenvalue weighted by Gasteiger charge is -2.33. The van der Waals surface area contributed by atoms with Crippen LogP contribution < -0.4 is 10.6 Å². The van der Waals surface area contributed by atoms with E-state index >= 15 is 0 Å². The van der Waals surface area contributed by atoms with Gasteiger partial charge in [0, 0.05) is 65.4 Å². The lowest BCUT2D eigenvalue weighted by Crippen LogP contribution is -2.48. The third kappa shape index (κ3) is 7.88. The minimum atomic E-state index is 0. The van der Waals surface area contributed by atoms with Crippen molar-refractivity contribution in [1.29, 1.82) is 0 Å². The van der Waals surface area contributed by atoms with Crippen LogP contribution in [0.2, 0.25) is 0 Å². The van der Waals surface area contributed by atoms with Crippen molar-refractivity contribution in [3.05, 3.63) is 54.1 Å². The molecule has 0 spiro atoms. The van der Waals surface area contributed by atoms with Crippen LogP contribution in [0.4, 0.5) is 0 Å². The van der Waals surface area contributed by atoms with E-state index in [1.54, 1.807) is 7.11 Å². The topological polar surface area (TPSA) is 66.7 Å². The molecule has 2 heterocycles. The van der Waals surface area contributed by atoms with Gasteiger partial charge in [-0.2, -0.15) is 0 Å².